The van der Waals surface area contributed by atoms with E-state index < -0.39 is 35.4 Å². The Morgan fingerprint density at radius 1 is 0.904 bits per heavy atom. The van der Waals surface area contributed by atoms with E-state index in [0.29, 0.717) is 70.9 Å². The van der Waals surface area contributed by atoms with Crippen LogP contribution in [0, 0.1) is 18.3 Å². The van der Waals surface area contributed by atoms with Gasteiger partial charge in [0.25, 0.3) is 0 Å². The third-order valence-corrected chi connectivity index (χ3v) is 14.3. The van der Waals surface area contributed by atoms with Crippen LogP contribution in [0.2, 0.25) is 0 Å². The van der Waals surface area contributed by atoms with Crippen molar-refractivity contribution in [2.24, 2.45) is 11.3 Å². The Morgan fingerprint density at radius 2 is 1.59 bits per heavy atom. The molecule has 4 amide bonds. The number of nitrogens with one attached hydrogen (secondary N) is 4. The van der Waals surface area contributed by atoms with Gasteiger partial charge in [-0.2, -0.15) is 4.98 Å². The van der Waals surface area contributed by atoms with Crippen LogP contribution in [0.4, 0.5) is 17.5 Å². The average Bonchev–Trinajstić information content (AvgIpc) is 3.97. The van der Waals surface area contributed by atoms with Crippen LogP contribution in [-0.2, 0) is 39.9 Å². The van der Waals surface area contributed by atoms with Crippen LogP contribution >= 0.6 is 27.3 Å². The summed E-state index contributed by atoms with van der Waals surface area (Å²) in [7, 11) is 1.88. The maximum Gasteiger partial charge on any atom is 0.246 e. The fourth-order valence-corrected chi connectivity index (χ4v) is 9.43. The summed E-state index contributed by atoms with van der Waals surface area (Å²) in [6.07, 6.45) is 8.02. The number of carbonyl (C=O) groups excluding carboxylic acids is 4. The van der Waals surface area contributed by atoms with Crippen molar-refractivity contribution in [2.75, 3.05) is 83.6 Å². The first-order chi connectivity index (χ1) is 35.2. The zero-order valence-electron chi connectivity index (χ0n) is 43.0. The van der Waals surface area contributed by atoms with Gasteiger partial charge in [0.2, 0.25) is 29.6 Å². The van der Waals surface area contributed by atoms with Crippen molar-refractivity contribution in [1.29, 1.82) is 0 Å². The Bertz CT molecular complexity index is 2370. The molecule has 2 aromatic heterocycles. The molecule has 20 heteroatoms. The number of aryl methyl sites for hydroxylation is 1. The van der Waals surface area contributed by atoms with E-state index in [1.54, 1.807) is 17.5 Å². The average molecular weight is 1090 g/mol. The van der Waals surface area contributed by atoms with E-state index >= 15 is 0 Å². The summed E-state index contributed by atoms with van der Waals surface area (Å²) in [5.74, 6) is 1.14. The molecule has 4 aromatic rings. The molecule has 1 saturated heterocycles. The Kier molecular flexibility index (Phi) is 22.7. The maximum atomic E-state index is 13.9. The number of hydrogen-bond acceptors (Lipinski definition) is 15. The van der Waals surface area contributed by atoms with Gasteiger partial charge in [0.05, 0.1) is 33.3 Å². The zero-order chi connectivity index (χ0) is 52.2. The minimum atomic E-state index is -0.940. The van der Waals surface area contributed by atoms with Crippen LogP contribution < -0.4 is 26.0 Å². The first-order valence-electron chi connectivity index (χ1n) is 25.5. The first kappa shape index (κ1) is 57.0. The van der Waals surface area contributed by atoms with Crippen molar-refractivity contribution in [1.82, 2.24) is 35.4 Å². The van der Waals surface area contributed by atoms with Crippen molar-refractivity contribution >= 4 is 68.3 Å². The predicted molar refractivity (Wildman–Crippen MR) is 286 cm³/mol. The molecule has 398 valence electrons. The van der Waals surface area contributed by atoms with E-state index in [1.807, 2.05) is 93.7 Å². The number of aliphatic hydroxyl groups excluding tert-OH is 1. The number of nitrogens with zero attached hydrogens (tertiary/aromatic N) is 5. The molecule has 0 radical (unpaired) electrons. The van der Waals surface area contributed by atoms with Crippen molar-refractivity contribution in [3.63, 3.8) is 0 Å². The molecule has 2 aliphatic rings. The Hall–Kier alpha value is -5.25. The van der Waals surface area contributed by atoms with Crippen molar-refractivity contribution in [3.8, 4) is 16.2 Å². The first-order valence-corrected chi connectivity index (χ1v) is 27.1. The fraction of sp³-hybridized carbons (Fsp3) is 0.566. The molecular weight excluding hydrogens is 1020 g/mol. The molecule has 0 unspecified atom stereocenters. The minimum absolute atomic E-state index is 0.00315. The van der Waals surface area contributed by atoms with Crippen LogP contribution in [0.5, 0.6) is 5.75 Å². The second-order valence-corrected chi connectivity index (χ2v) is 21.4. The van der Waals surface area contributed by atoms with Crippen LogP contribution in [0.3, 0.4) is 0 Å². The Morgan fingerprint density at radius 3 is 2.25 bits per heavy atom. The number of ether oxygens (including phenoxy) is 4. The van der Waals surface area contributed by atoms with Gasteiger partial charge in [-0.1, -0.05) is 51.5 Å². The number of aliphatic hydroxyl groups is 1. The number of halogens is 1. The highest BCUT2D eigenvalue weighted by Gasteiger charge is 2.44. The Labute approximate surface area is 442 Å². The van der Waals surface area contributed by atoms with E-state index in [4.69, 9.17) is 18.9 Å². The quantitative estimate of drug-likeness (QED) is 0.0325. The molecule has 1 aliphatic heterocycles. The summed E-state index contributed by atoms with van der Waals surface area (Å²) in [6.45, 7) is 12.1. The number of anilines is 3. The minimum Gasteiger partial charge on any atom is -0.494 e. The summed E-state index contributed by atoms with van der Waals surface area (Å²) in [6, 6.07) is 13.7. The molecule has 2 aromatic carbocycles. The highest BCUT2D eigenvalue weighted by molar-refractivity contribution is 9.10. The van der Waals surface area contributed by atoms with Gasteiger partial charge in [0.1, 0.15) is 30.3 Å². The third kappa shape index (κ3) is 18.3. The van der Waals surface area contributed by atoms with E-state index in [0.717, 1.165) is 82.6 Å². The van der Waals surface area contributed by atoms with Gasteiger partial charge in [-0.25, -0.2) is 9.97 Å². The van der Waals surface area contributed by atoms with Crippen LogP contribution in [-0.4, -0.2) is 145 Å². The van der Waals surface area contributed by atoms with Gasteiger partial charge in [-0.05, 0) is 102 Å². The van der Waals surface area contributed by atoms with Gasteiger partial charge in [0, 0.05) is 96.9 Å². The number of likely N-dealkylation sites (tertiary alicyclic amines) is 1. The summed E-state index contributed by atoms with van der Waals surface area (Å²) >= 11 is 5.10. The van der Waals surface area contributed by atoms with E-state index in [9.17, 15) is 24.3 Å². The number of thiazole rings is 1. The van der Waals surface area contributed by atoms with Crippen LogP contribution in [0.15, 0.2) is 64.7 Å². The number of rotatable bonds is 30. The van der Waals surface area contributed by atoms with E-state index in [-0.39, 0.29) is 43.8 Å². The van der Waals surface area contributed by atoms with Crippen molar-refractivity contribution in [3.05, 3.63) is 76.0 Å². The van der Waals surface area contributed by atoms with Gasteiger partial charge < -0.3 is 55.1 Å². The summed E-state index contributed by atoms with van der Waals surface area (Å²) in [4.78, 5) is 70.4. The summed E-state index contributed by atoms with van der Waals surface area (Å²) in [5, 5.41) is 22.9. The standard InChI is InChI=1S/C53H74BrN9O9S/c1-36-46(73-35-58-36)38-16-14-37(15-17-38)31-56-49(66)44-30-41(64)33-63(44)51(68)47(53(2,3)4)60-45(65)34-71-28-10-26-69-24-6-7-25-70-27-11-29-72-42-20-18-40(19-21-42)59-52-57-32-43(54)48(61-52)55-22-9-23-62(5)50(67)39-12-8-13-39/h14-21,32,35,39,41,44,47,64H,6-13,22-31,33-34H2,1-5H3,(H,56,66)(H,60,65)(H2,55,57,59,61)/t41-,44+,47-/m1/s1. The van der Waals surface area contributed by atoms with Crippen molar-refractivity contribution in [2.45, 2.75) is 110 Å². The van der Waals surface area contributed by atoms with E-state index in [2.05, 4.69) is 52.1 Å². The predicted octanol–water partition coefficient (Wildman–Crippen LogP) is 7.27. The van der Waals surface area contributed by atoms with Gasteiger partial charge in [-0.3, -0.25) is 19.2 Å². The molecule has 18 nitrogen and oxygen atoms in total. The third-order valence-electron chi connectivity index (χ3n) is 12.7. The molecule has 3 atom stereocenters. The molecular formula is C53H74BrN9O9S. The summed E-state index contributed by atoms with van der Waals surface area (Å²) < 4.78 is 23.8. The number of benzene rings is 2. The smallest absolute Gasteiger partial charge is 0.246 e. The molecule has 0 bridgehead atoms. The highest BCUT2D eigenvalue weighted by Crippen LogP contribution is 2.30. The topological polar surface area (TPSA) is 219 Å². The zero-order valence-corrected chi connectivity index (χ0v) is 45.4. The molecule has 3 heterocycles. The largest absolute Gasteiger partial charge is 0.494 e. The van der Waals surface area contributed by atoms with E-state index in [1.165, 1.54) is 4.90 Å². The second kappa shape index (κ2) is 29.0. The second-order valence-electron chi connectivity index (χ2n) is 19.7. The molecule has 0 spiro atoms. The van der Waals surface area contributed by atoms with Crippen LogP contribution in [0.1, 0.15) is 89.8 Å². The normalized spacial score (nSPS) is 16.1. The lowest BCUT2D eigenvalue weighted by Crippen LogP contribution is -2.58. The number of amides is 4. The van der Waals surface area contributed by atoms with Crippen LogP contribution in [0.25, 0.3) is 10.4 Å². The maximum absolute atomic E-state index is 13.9. The molecule has 5 N–H and O–H groups in total. The monoisotopic (exact) mass is 1090 g/mol. The fourth-order valence-electron chi connectivity index (χ4n) is 8.29. The number of hydrogen-bond donors (Lipinski definition) is 5. The lowest BCUT2D eigenvalue weighted by atomic mass is 9.84. The summed E-state index contributed by atoms with van der Waals surface area (Å²) in [5.41, 5.74) is 4.89. The number of β-amino-alcohol motifs (C(OH)–C–C–N with tert-alkyl or cyclic N) is 1. The van der Waals surface area contributed by atoms with Crippen molar-refractivity contribution < 1.29 is 43.2 Å². The number of carbonyl (C=O) groups is 4. The molecule has 1 aliphatic carbocycles. The van der Waals surface area contributed by atoms with Gasteiger partial charge >= 0.3 is 0 Å². The molecule has 1 saturated carbocycles. The molecule has 6 rings (SSSR count). The van der Waals surface area contributed by atoms with Gasteiger partial charge in [-0.15, -0.1) is 11.3 Å². The lowest BCUT2D eigenvalue weighted by molar-refractivity contribution is -0.144. The molecule has 2 fully saturated rings. The lowest BCUT2D eigenvalue weighted by Gasteiger charge is -2.35. The molecule has 73 heavy (non-hydrogen) atoms. The number of unbranched alkanes of at least 4 members (excludes halogenated alkanes) is 1. The SMILES string of the molecule is Cc1ncsc1-c1ccc(CNC(=O)[C@@H]2C[C@@H](O)CN2C(=O)[C@@H](NC(=O)COCCCOCCCCOCCCOc2ccc(Nc3ncc(Br)c(NCCCN(C)C(=O)C4CCC4)n3)cc2)C(C)(C)C)cc1. The number of aromatic nitrogens is 3. The Balaban J connectivity index is 0.763. The van der Waals surface area contributed by atoms with Gasteiger partial charge in [0.15, 0.2) is 0 Å². The highest BCUT2D eigenvalue weighted by atomic mass is 79.9.